The van der Waals surface area contributed by atoms with Crippen LogP contribution in [0.5, 0.6) is 5.75 Å². The van der Waals surface area contributed by atoms with Crippen molar-refractivity contribution >= 4 is 23.5 Å². The van der Waals surface area contributed by atoms with Gasteiger partial charge in [0.2, 0.25) is 5.91 Å². The highest BCUT2D eigenvalue weighted by Crippen LogP contribution is 2.40. The standard InChI is InChI=1S/C23H25F2N5O3S/c1-12-10-18(13(2)30(12)16-6-8-17(9-7-16)33-22(24)25)20(32)14(3)34-23-28-27-21(15-4-5-15)29(23)11-19(26)31/h6-10,14-15,22H,4-5,11H2,1-3H3,(H2,26,31)/t14-/m1/s1. The summed E-state index contributed by atoms with van der Waals surface area (Å²) in [5.74, 6) is 0.495. The van der Waals surface area contributed by atoms with Crippen LogP contribution in [0, 0.1) is 13.8 Å². The van der Waals surface area contributed by atoms with Crippen LogP contribution in [0.1, 0.15) is 53.3 Å². The number of carbonyl (C=O) groups is 2. The maximum Gasteiger partial charge on any atom is 0.387 e. The van der Waals surface area contributed by atoms with Gasteiger partial charge in [-0.1, -0.05) is 11.8 Å². The number of ether oxygens (including phenoxy) is 1. The minimum Gasteiger partial charge on any atom is -0.435 e. The van der Waals surface area contributed by atoms with E-state index in [1.165, 1.54) is 23.9 Å². The lowest BCUT2D eigenvalue weighted by Crippen LogP contribution is -2.22. The summed E-state index contributed by atoms with van der Waals surface area (Å²) in [6.07, 6.45) is 1.99. The lowest BCUT2D eigenvalue weighted by Gasteiger charge is -2.13. The van der Waals surface area contributed by atoms with Crippen molar-refractivity contribution in [2.45, 2.75) is 63.1 Å². The summed E-state index contributed by atoms with van der Waals surface area (Å²) >= 11 is 1.24. The molecule has 11 heteroatoms. The van der Waals surface area contributed by atoms with Crippen LogP contribution in [0.25, 0.3) is 5.69 Å². The summed E-state index contributed by atoms with van der Waals surface area (Å²) in [6.45, 7) is 2.58. The molecular formula is C23H25F2N5O3S. The van der Waals surface area contributed by atoms with Crippen LogP contribution in [0.3, 0.4) is 0 Å². The first-order valence-electron chi connectivity index (χ1n) is 10.8. The van der Waals surface area contributed by atoms with E-state index in [9.17, 15) is 18.4 Å². The Bertz CT molecular complexity index is 1220. The fraction of sp³-hybridized carbons (Fsp3) is 0.391. The average Bonchev–Trinajstić information content (AvgIpc) is 3.48. The normalized spacial score (nSPS) is 14.4. The van der Waals surface area contributed by atoms with Crippen molar-refractivity contribution < 1.29 is 23.1 Å². The van der Waals surface area contributed by atoms with Crippen LogP contribution >= 0.6 is 11.8 Å². The molecule has 4 rings (SSSR count). The number of halogens is 2. The molecule has 1 aromatic carbocycles. The van der Waals surface area contributed by atoms with Gasteiger partial charge >= 0.3 is 6.61 Å². The first-order valence-corrected chi connectivity index (χ1v) is 11.7. The van der Waals surface area contributed by atoms with Crippen molar-refractivity contribution in [3.05, 3.63) is 53.1 Å². The number of alkyl halides is 2. The van der Waals surface area contributed by atoms with E-state index in [0.29, 0.717) is 10.7 Å². The van der Waals surface area contributed by atoms with E-state index in [2.05, 4.69) is 14.9 Å². The molecule has 0 spiro atoms. The minimum atomic E-state index is -2.89. The molecule has 2 N–H and O–H groups in total. The number of amides is 1. The quantitative estimate of drug-likeness (QED) is 0.341. The lowest BCUT2D eigenvalue weighted by atomic mass is 10.1. The minimum absolute atomic E-state index is 0.0259. The van der Waals surface area contributed by atoms with Gasteiger partial charge in [0.15, 0.2) is 10.9 Å². The summed E-state index contributed by atoms with van der Waals surface area (Å²) in [5.41, 5.74) is 8.25. The van der Waals surface area contributed by atoms with Gasteiger partial charge in [-0.3, -0.25) is 14.2 Å². The zero-order valence-electron chi connectivity index (χ0n) is 19.0. The van der Waals surface area contributed by atoms with Gasteiger partial charge in [0.05, 0.1) is 5.25 Å². The zero-order valence-corrected chi connectivity index (χ0v) is 19.8. The fourth-order valence-corrected chi connectivity index (χ4v) is 4.88. The summed E-state index contributed by atoms with van der Waals surface area (Å²) in [6, 6.07) is 8.06. The van der Waals surface area contributed by atoms with Gasteiger partial charge in [0, 0.05) is 28.6 Å². The van der Waals surface area contributed by atoms with Crippen LogP contribution in [-0.4, -0.2) is 42.9 Å². The van der Waals surface area contributed by atoms with Crippen molar-refractivity contribution in [3.63, 3.8) is 0 Å². The van der Waals surface area contributed by atoms with Gasteiger partial charge in [-0.25, -0.2) is 0 Å². The third kappa shape index (κ3) is 4.98. The number of benzene rings is 1. The Labute approximate surface area is 199 Å². The van der Waals surface area contributed by atoms with Gasteiger partial charge in [0.25, 0.3) is 0 Å². The Morgan fingerprint density at radius 3 is 2.47 bits per heavy atom. The third-order valence-corrected chi connectivity index (χ3v) is 6.75. The topological polar surface area (TPSA) is 105 Å². The van der Waals surface area contributed by atoms with Crippen molar-refractivity contribution in [3.8, 4) is 11.4 Å². The van der Waals surface area contributed by atoms with Gasteiger partial charge in [-0.15, -0.1) is 10.2 Å². The first-order chi connectivity index (χ1) is 16.2. The maximum absolute atomic E-state index is 13.3. The van der Waals surface area contributed by atoms with Crippen LogP contribution in [0.2, 0.25) is 0 Å². The summed E-state index contributed by atoms with van der Waals surface area (Å²) in [5, 5.41) is 8.45. The van der Waals surface area contributed by atoms with Crippen LogP contribution in [0.15, 0.2) is 35.5 Å². The number of Topliss-reactive ketones (excluding diaryl/α,β-unsaturated/α-hetero) is 1. The summed E-state index contributed by atoms with van der Waals surface area (Å²) < 4.78 is 32.9. The molecule has 0 bridgehead atoms. The molecule has 8 nitrogen and oxygen atoms in total. The number of carbonyl (C=O) groups excluding carboxylic acids is 2. The maximum atomic E-state index is 13.3. The van der Waals surface area contributed by atoms with E-state index >= 15 is 0 Å². The molecule has 1 aliphatic carbocycles. The average molecular weight is 490 g/mol. The number of aryl methyl sites for hydroxylation is 1. The van der Waals surface area contributed by atoms with Crippen molar-refractivity contribution in [1.29, 1.82) is 0 Å². The summed E-state index contributed by atoms with van der Waals surface area (Å²) in [7, 11) is 0. The highest BCUT2D eigenvalue weighted by atomic mass is 32.2. The molecule has 180 valence electrons. The predicted octanol–water partition coefficient (Wildman–Crippen LogP) is 4.01. The van der Waals surface area contributed by atoms with E-state index in [1.54, 1.807) is 23.6 Å². The second-order valence-corrected chi connectivity index (χ2v) is 9.59. The summed E-state index contributed by atoms with van der Waals surface area (Å²) in [4.78, 5) is 24.9. The molecule has 0 saturated heterocycles. The number of nitrogens with zero attached hydrogens (tertiary/aromatic N) is 4. The Morgan fingerprint density at radius 2 is 1.88 bits per heavy atom. The number of hydrogen-bond acceptors (Lipinski definition) is 6. The molecule has 1 saturated carbocycles. The number of primary amides is 1. The second-order valence-electron chi connectivity index (χ2n) is 8.28. The third-order valence-electron chi connectivity index (χ3n) is 5.67. The van der Waals surface area contributed by atoms with Gasteiger partial charge in [-0.2, -0.15) is 8.78 Å². The van der Waals surface area contributed by atoms with Crippen molar-refractivity contribution in [2.75, 3.05) is 0 Å². The first kappa shape index (κ1) is 23.9. The van der Waals surface area contributed by atoms with Crippen LogP contribution < -0.4 is 10.5 Å². The molecule has 3 aromatic rings. The molecule has 0 radical (unpaired) electrons. The highest BCUT2D eigenvalue weighted by molar-refractivity contribution is 8.00. The largest absolute Gasteiger partial charge is 0.435 e. The molecule has 2 aromatic heterocycles. The molecule has 0 unspecified atom stereocenters. The van der Waals surface area contributed by atoms with E-state index in [0.717, 1.165) is 35.7 Å². The van der Waals surface area contributed by atoms with Gasteiger partial charge in [0.1, 0.15) is 18.1 Å². The lowest BCUT2D eigenvalue weighted by molar-refractivity contribution is -0.118. The fourth-order valence-electron chi connectivity index (χ4n) is 3.95. The van der Waals surface area contributed by atoms with E-state index in [1.807, 2.05) is 24.5 Å². The number of thioether (sulfide) groups is 1. The molecule has 1 atom stereocenters. The van der Waals surface area contributed by atoms with Gasteiger partial charge in [-0.05, 0) is 63.9 Å². The molecule has 0 aliphatic heterocycles. The number of hydrogen-bond donors (Lipinski definition) is 1. The van der Waals surface area contributed by atoms with E-state index < -0.39 is 17.8 Å². The smallest absolute Gasteiger partial charge is 0.387 e. The zero-order chi connectivity index (χ0) is 24.6. The SMILES string of the molecule is Cc1cc(C(=O)[C@@H](C)Sc2nnc(C3CC3)n2CC(N)=O)c(C)n1-c1ccc(OC(F)F)cc1. The second kappa shape index (κ2) is 9.57. The van der Waals surface area contributed by atoms with E-state index in [4.69, 9.17) is 5.73 Å². The Kier molecular flexibility index (Phi) is 6.74. The monoisotopic (exact) mass is 489 g/mol. The van der Waals surface area contributed by atoms with Crippen molar-refractivity contribution in [2.24, 2.45) is 5.73 Å². The Balaban J connectivity index is 1.55. The Morgan fingerprint density at radius 1 is 1.21 bits per heavy atom. The molecule has 1 fully saturated rings. The molecular weight excluding hydrogens is 464 g/mol. The molecule has 1 amide bonds. The number of aromatic nitrogens is 4. The molecule has 34 heavy (non-hydrogen) atoms. The number of ketones is 1. The van der Waals surface area contributed by atoms with Gasteiger partial charge < -0.3 is 15.0 Å². The highest BCUT2D eigenvalue weighted by Gasteiger charge is 2.32. The Hall–Kier alpha value is -3.21. The number of rotatable bonds is 10. The van der Waals surface area contributed by atoms with Crippen LogP contribution in [-0.2, 0) is 11.3 Å². The van der Waals surface area contributed by atoms with Crippen LogP contribution in [0.4, 0.5) is 8.78 Å². The molecule has 1 aliphatic rings. The predicted molar refractivity (Wildman–Crippen MR) is 123 cm³/mol. The van der Waals surface area contributed by atoms with Crippen molar-refractivity contribution in [1.82, 2.24) is 19.3 Å². The van der Waals surface area contributed by atoms with E-state index in [-0.39, 0.29) is 24.0 Å². The number of nitrogens with two attached hydrogens (primary N) is 1. The molecule has 2 heterocycles.